The van der Waals surface area contributed by atoms with Crippen molar-refractivity contribution >= 4 is 38.5 Å². The first-order valence-corrected chi connectivity index (χ1v) is 6.33. The third-order valence-electron chi connectivity index (χ3n) is 2.97. The van der Waals surface area contributed by atoms with E-state index in [4.69, 9.17) is 20.8 Å². The molecule has 1 aromatic heterocycles. The van der Waals surface area contributed by atoms with Crippen molar-refractivity contribution in [2.45, 2.75) is 0 Å². The van der Waals surface area contributed by atoms with Gasteiger partial charge in [-0.15, -0.1) is 5.46 Å². The predicted molar refractivity (Wildman–Crippen MR) is 82.0 cm³/mol. The molecule has 0 aliphatic heterocycles. The fourth-order valence-corrected chi connectivity index (χ4v) is 1.89. The van der Waals surface area contributed by atoms with Gasteiger partial charge in [0.2, 0.25) is 0 Å². The summed E-state index contributed by atoms with van der Waals surface area (Å²) in [6, 6.07) is 3.33. The Morgan fingerprint density at radius 3 is 2.57 bits per heavy atom. The van der Waals surface area contributed by atoms with Crippen molar-refractivity contribution in [2.75, 3.05) is 6.54 Å². The number of rotatable bonds is 4. The number of amides is 1. The average molecular weight is 310 g/mol. The maximum atomic E-state index is 13.4. The van der Waals surface area contributed by atoms with Crippen LogP contribution in [0.15, 0.2) is 24.4 Å². The lowest BCUT2D eigenvalue weighted by molar-refractivity contribution is -0.135. The van der Waals surface area contributed by atoms with Crippen LogP contribution in [0.1, 0.15) is 10.5 Å². The molecule has 0 spiro atoms. The Bertz CT molecular complexity index is 799. The van der Waals surface area contributed by atoms with E-state index in [2.05, 4.69) is 10.3 Å². The average Bonchev–Trinajstić information content (AvgIpc) is 2.48. The Morgan fingerprint density at radius 2 is 1.96 bits per heavy atom. The first-order valence-electron chi connectivity index (χ1n) is 6.33. The highest BCUT2D eigenvalue weighted by atomic mass is 19.1. The highest BCUT2D eigenvalue weighted by Gasteiger charge is 2.16. The van der Waals surface area contributed by atoms with Crippen LogP contribution in [-0.4, -0.2) is 49.3 Å². The smallest absolute Gasteiger partial charge is 0.322 e. The maximum Gasteiger partial charge on any atom is 0.322 e. The summed E-state index contributed by atoms with van der Waals surface area (Å²) in [7, 11) is 11.3. The van der Waals surface area contributed by atoms with Crippen LogP contribution in [0.4, 0.5) is 4.39 Å². The lowest BCUT2D eigenvalue weighted by Gasteiger charge is -2.11. The normalized spacial score (nSPS) is 10.3. The summed E-state index contributed by atoms with van der Waals surface area (Å²) in [5, 5.41) is 20.4. The van der Waals surface area contributed by atoms with Crippen LogP contribution in [0, 0.1) is 5.82 Å². The number of carboxylic acids is 1. The van der Waals surface area contributed by atoms with Gasteiger partial charge in [0.15, 0.2) is 5.69 Å². The summed E-state index contributed by atoms with van der Waals surface area (Å²) in [5.41, 5.74) is 0.236. The van der Waals surface area contributed by atoms with E-state index in [1.165, 1.54) is 6.20 Å². The van der Waals surface area contributed by atoms with E-state index in [9.17, 15) is 19.1 Å². The van der Waals surface area contributed by atoms with E-state index < -0.39 is 30.0 Å². The van der Waals surface area contributed by atoms with Gasteiger partial charge in [0.25, 0.3) is 5.91 Å². The van der Waals surface area contributed by atoms with E-state index in [0.29, 0.717) is 0 Å². The Labute approximate surface area is 133 Å². The van der Waals surface area contributed by atoms with Crippen molar-refractivity contribution < 1.29 is 24.2 Å². The Kier molecular flexibility index (Phi) is 4.68. The number of aromatic nitrogens is 1. The van der Waals surface area contributed by atoms with Crippen molar-refractivity contribution in [1.82, 2.24) is 10.3 Å². The molecule has 1 aromatic carbocycles. The summed E-state index contributed by atoms with van der Waals surface area (Å²) in [6.45, 7) is -0.616. The zero-order chi connectivity index (χ0) is 17.1. The molecule has 0 fully saturated rings. The number of nitrogens with one attached hydrogen (secondary N) is 1. The van der Waals surface area contributed by atoms with Gasteiger partial charge in [-0.3, -0.25) is 9.59 Å². The molecule has 3 N–H and O–H groups in total. The third kappa shape index (κ3) is 3.68. The minimum atomic E-state index is -1.24. The SMILES string of the molecule is [B]c1cc(F)cc(-c2cnc(C(=O)NCC(=O)O)c(O)c2)c1[B]. The van der Waals surface area contributed by atoms with Crippen LogP contribution < -0.4 is 16.2 Å². The van der Waals surface area contributed by atoms with Crippen LogP contribution in [0.2, 0.25) is 0 Å². The van der Waals surface area contributed by atoms with Crippen molar-refractivity contribution in [1.29, 1.82) is 0 Å². The number of aliphatic carboxylic acids is 1. The van der Waals surface area contributed by atoms with Gasteiger partial charge in [-0.25, -0.2) is 9.37 Å². The number of pyridine rings is 1. The van der Waals surface area contributed by atoms with Gasteiger partial charge in [0.05, 0.1) is 0 Å². The van der Waals surface area contributed by atoms with Gasteiger partial charge in [0.1, 0.15) is 33.8 Å². The van der Waals surface area contributed by atoms with E-state index in [0.717, 1.165) is 18.2 Å². The Morgan fingerprint density at radius 1 is 1.26 bits per heavy atom. The second-order valence-electron chi connectivity index (χ2n) is 4.62. The zero-order valence-electron chi connectivity index (χ0n) is 11.7. The largest absolute Gasteiger partial charge is 0.505 e. The van der Waals surface area contributed by atoms with E-state index in [1.54, 1.807) is 0 Å². The monoisotopic (exact) mass is 310 g/mol. The number of nitrogens with zero attached hydrogens (tertiary/aromatic N) is 1. The number of halogens is 1. The molecule has 2 aromatic rings. The molecule has 4 radical (unpaired) electrons. The highest BCUT2D eigenvalue weighted by molar-refractivity contribution is 6.50. The molecule has 1 heterocycles. The van der Waals surface area contributed by atoms with Gasteiger partial charge in [0, 0.05) is 11.8 Å². The predicted octanol–water partition coefficient (Wildman–Crippen LogP) is -1.00. The summed E-state index contributed by atoms with van der Waals surface area (Å²) in [6.07, 6.45) is 1.19. The maximum absolute atomic E-state index is 13.4. The quantitative estimate of drug-likeness (QED) is 0.629. The fraction of sp³-hybridized carbons (Fsp3) is 0.0714. The van der Waals surface area contributed by atoms with Gasteiger partial charge < -0.3 is 15.5 Å². The minimum absolute atomic E-state index is 0.0303. The molecule has 0 unspecified atom stereocenters. The molecule has 6 nitrogen and oxygen atoms in total. The van der Waals surface area contributed by atoms with Crippen molar-refractivity contribution in [3.63, 3.8) is 0 Å². The number of carbonyl (C=O) groups excluding carboxylic acids is 1. The molecule has 0 bridgehead atoms. The number of hydrogen-bond acceptors (Lipinski definition) is 4. The van der Waals surface area contributed by atoms with Crippen molar-refractivity contribution in [3.05, 3.63) is 35.9 Å². The van der Waals surface area contributed by atoms with Crippen LogP contribution >= 0.6 is 0 Å². The number of carboxylic acid groups (broad SMARTS) is 1. The van der Waals surface area contributed by atoms with Crippen molar-refractivity contribution in [2.24, 2.45) is 0 Å². The zero-order valence-corrected chi connectivity index (χ0v) is 11.7. The summed E-state index contributed by atoms with van der Waals surface area (Å²) >= 11 is 0. The first-order chi connectivity index (χ1) is 10.8. The summed E-state index contributed by atoms with van der Waals surface area (Å²) in [4.78, 5) is 25.9. The molecule has 0 atom stereocenters. The molecular formula is C14H9B2FN2O4. The van der Waals surface area contributed by atoms with Crippen LogP contribution in [-0.2, 0) is 4.79 Å². The van der Waals surface area contributed by atoms with Gasteiger partial charge >= 0.3 is 5.97 Å². The number of carbonyl (C=O) groups is 2. The highest BCUT2D eigenvalue weighted by Crippen LogP contribution is 2.23. The summed E-state index contributed by atoms with van der Waals surface area (Å²) < 4.78 is 13.4. The van der Waals surface area contributed by atoms with Gasteiger partial charge in [-0.05, 0) is 23.8 Å². The molecular weight excluding hydrogens is 301 g/mol. The standard InChI is InChI=1S/C14H9B2FN2O4/c15-9-3-7(17)2-8(12(9)16)6-1-10(20)13(18-4-6)14(23)19-5-11(21)22/h1-4,20H,5H2,(H,19,23)(H,21,22). The summed E-state index contributed by atoms with van der Waals surface area (Å²) in [5.74, 6) is -3.22. The lowest BCUT2D eigenvalue weighted by atomic mass is 9.76. The topological polar surface area (TPSA) is 99.5 Å². The Hall–Kier alpha value is -2.83. The number of benzene rings is 1. The molecule has 0 saturated carbocycles. The van der Waals surface area contributed by atoms with Gasteiger partial charge in [-0.1, -0.05) is 5.46 Å². The second-order valence-corrected chi connectivity index (χ2v) is 4.62. The fourth-order valence-electron chi connectivity index (χ4n) is 1.89. The third-order valence-corrected chi connectivity index (χ3v) is 2.97. The molecule has 9 heteroatoms. The minimum Gasteiger partial charge on any atom is -0.505 e. The number of aromatic hydroxyl groups is 1. The molecule has 0 saturated heterocycles. The molecule has 23 heavy (non-hydrogen) atoms. The van der Waals surface area contributed by atoms with E-state index >= 15 is 0 Å². The Balaban J connectivity index is 2.37. The lowest BCUT2D eigenvalue weighted by Crippen LogP contribution is -2.30. The second kappa shape index (κ2) is 6.51. The van der Waals surface area contributed by atoms with E-state index in [1.807, 2.05) is 0 Å². The molecule has 1 amide bonds. The first kappa shape index (κ1) is 16.5. The van der Waals surface area contributed by atoms with E-state index in [-0.39, 0.29) is 27.7 Å². The van der Waals surface area contributed by atoms with Crippen LogP contribution in [0.5, 0.6) is 5.75 Å². The molecule has 0 aliphatic carbocycles. The van der Waals surface area contributed by atoms with Crippen LogP contribution in [0.3, 0.4) is 0 Å². The van der Waals surface area contributed by atoms with Crippen LogP contribution in [0.25, 0.3) is 11.1 Å². The molecule has 0 aliphatic rings. The van der Waals surface area contributed by atoms with Crippen molar-refractivity contribution in [3.8, 4) is 16.9 Å². The molecule has 2 rings (SSSR count). The molecule has 112 valence electrons. The van der Waals surface area contributed by atoms with Gasteiger partial charge in [-0.2, -0.15) is 0 Å². The number of hydrogen-bond donors (Lipinski definition) is 3.